The molecule has 29 heavy (non-hydrogen) atoms. The van der Waals surface area contributed by atoms with Crippen LogP contribution in [0.3, 0.4) is 0 Å². The Morgan fingerprint density at radius 3 is 2.69 bits per heavy atom. The van der Waals surface area contributed by atoms with Gasteiger partial charge in [0.25, 0.3) is 0 Å². The first-order chi connectivity index (χ1) is 13.7. The molecule has 1 saturated heterocycles. The molecule has 0 radical (unpaired) electrons. The lowest BCUT2D eigenvalue weighted by Gasteiger charge is -2.28. The van der Waals surface area contributed by atoms with Crippen molar-refractivity contribution in [3.05, 3.63) is 59.3 Å². The second-order valence-corrected chi connectivity index (χ2v) is 7.17. The van der Waals surface area contributed by atoms with Crippen molar-refractivity contribution in [1.29, 1.82) is 0 Å². The van der Waals surface area contributed by atoms with Crippen molar-refractivity contribution in [3.63, 3.8) is 0 Å². The number of benzene rings is 1. The Kier molecular flexibility index (Phi) is 5.95. The summed E-state index contributed by atoms with van der Waals surface area (Å²) in [6, 6.07) is 5.59. The summed E-state index contributed by atoms with van der Waals surface area (Å²) in [5.41, 5.74) is -1.84. The fourth-order valence-electron chi connectivity index (χ4n) is 3.45. The number of rotatable bonds is 7. The minimum atomic E-state index is -4.59. The molecule has 1 aromatic carbocycles. The maximum absolute atomic E-state index is 13.8. The molecule has 9 heteroatoms. The van der Waals surface area contributed by atoms with Gasteiger partial charge in [0.15, 0.2) is 0 Å². The summed E-state index contributed by atoms with van der Waals surface area (Å²) in [6.07, 6.45) is -1.39. The highest BCUT2D eigenvalue weighted by Crippen LogP contribution is 2.31. The summed E-state index contributed by atoms with van der Waals surface area (Å²) >= 11 is 0. The van der Waals surface area contributed by atoms with Crippen molar-refractivity contribution in [2.24, 2.45) is 0 Å². The van der Waals surface area contributed by atoms with Gasteiger partial charge < -0.3 is 15.1 Å². The van der Waals surface area contributed by atoms with Crippen LogP contribution < -0.4 is 10.6 Å². The number of hydrogen-bond donors (Lipinski definition) is 2. The van der Waals surface area contributed by atoms with E-state index in [0.29, 0.717) is 43.6 Å². The molecule has 1 fully saturated rings. The number of carbonyl (C=O) groups excluding carboxylic acids is 2. The predicted octanol–water partition coefficient (Wildman–Crippen LogP) is 3.73. The van der Waals surface area contributed by atoms with Crippen molar-refractivity contribution >= 4 is 11.8 Å². The number of halogens is 4. The molecule has 1 aromatic heterocycles. The zero-order chi connectivity index (χ0) is 21.1. The van der Waals surface area contributed by atoms with E-state index in [1.165, 1.54) is 6.26 Å². The molecule has 1 aliphatic heterocycles. The van der Waals surface area contributed by atoms with Crippen LogP contribution in [0.5, 0.6) is 0 Å². The molecular weight excluding hydrogens is 392 g/mol. The Morgan fingerprint density at radius 2 is 2.07 bits per heavy atom. The average molecular weight is 412 g/mol. The van der Waals surface area contributed by atoms with Gasteiger partial charge in [-0.1, -0.05) is 0 Å². The van der Waals surface area contributed by atoms with Crippen molar-refractivity contribution in [1.82, 2.24) is 10.6 Å². The number of amides is 2. The lowest BCUT2D eigenvalue weighted by Crippen LogP contribution is -2.44. The van der Waals surface area contributed by atoms with Gasteiger partial charge in [-0.05, 0) is 43.2 Å². The summed E-state index contributed by atoms with van der Waals surface area (Å²) in [5, 5.41) is 5.35. The largest absolute Gasteiger partial charge is 0.469 e. The number of furan rings is 1. The highest BCUT2D eigenvalue weighted by atomic mass is 19.4. The van der Waals surface area contributed by atoms with Crippen LogP contribution in [-0.4, -0.2) is 17.4 Å². The second kappa shape index (κ2) is 8.26. The van der Waals surface area contributed by atoms with Gasteiger partial charge in [-0.15, -0.1) is 0 Å². The maximum atomic E-state index is 13.8. The topological polar surface area (TPSA) is 71.3 Å². The van der Waals surface area contributed by atoms with E-state index in [0.717, 1.165) is 6.07 Å². The Labute approximate surface area is 164 Å². The van der Waals surface area contributed by atoms with Crippen molar-refractivity contribution in [2.45, 2.75) is 50.4 Å². The van der Waals surface area contributed by atoms with E-state index in [-0.39, 0.29) is 24.4 Å². The third-order valence-corrected chi connectivity index (χ3v) is 5.01. The fourth-order valence-corrected chi connectivity index (χ4v) is 3.45. The monoisotopic (exact) mass is 412 g/mol. The quantitative estimate of drug-likeness (QED) is 0.681. The van der Waals surface area contributed by atoms with Crippen LogP contribution in [-0.2, 0) is 28.7 Å². The molecule has 0 saturated carbocycles. The third-order valence-electron chi connectivity index (χ3n) is 5.01. The number of nitrogens with one attached hydrogen (secondary N) is 2. The molecule has 0 aliphatic carbocycles. The molecule has 0 spiro atoms. The third kappa shape index (κ3) is 5.36. The SMILES string of the molecule is O=C(CCC1(Cc2ccco2)CCC(=O)N1)NCc1cc(C(F)(F)F)ccc1F. The van der Waals surface area contributed by atoms with E-state index in [9.17, 15) is 27.2 Å². The standard InChI is InChI=1S/C20H20F4N2O3/c21-16-4-3-14(20(22,23)24)10-13(16)12-25-17(27)5-7-19(8-6-18(28)26-19)11-15-2-1-9-29-15/h1-4,9-10H,5-8,11-12H2,(H,25,27)(H,26,28). The van der Waals surface area contributed by atoms with Crippen molar-refractivity contribution in [2.75, 3.05) is 0 Å². The van der Waals surface area contributed by atoms with Gasteiger partial charge in [0.05, 0.1) is 11.8 Å². The Bertz CT molecular complexity index is 880. The predicted molar refractivity (Wildman–Crippen MR) is 95.0 cm³/mol. The molecule has 2 amide bonds. The van der Waals surface area contributed by atoms with Gasteiger partial charge in [-0.25, -0.2) is 4.39 Å². The summed E-state index contributed by atoms with van der Waals surface area (Å²) in [7, 11) is 0. The van der Waals surface area contributed by atoms with Crippen LogP contribution in [0, 0.1) is 5.82 Å². The Balaban J connectivity index is 1.58. The molecule has 2 aromatic rings. The average Bonchev–Trinajstić information content (AvgIpc) is 3.29. The second-order valence-electron chi connectivity index (χ2n) is 7.17. The van der Waals surface area contributed by atoms with Crippen LogP contribution in [0.15, 0.2) is 41.0 Å². The highest BCUT2D eigenvalue weighted by molar-refractivity contribution is 5.80. The molecule has 1 aliphatic rings. The fraction of sp³-hybridized carbons (Fsp3) is 0.400. The summed E-state index contributed by atoms with van der Waals surface area (Å²) in [5.74, 6) is -0.695. The first-order valence-corrected chi connectivity index (χ1v) is 9.13. The summed E-state index contributed by atoms with van der Waals surface area (Å²) in [6.45, 7) is -0.355. The normalized spacial score (nSPS) is 19.2. The van der Waals surface area contributed by atoms with Gasteiger partial charge in [0, 0.05) is 36.9 Å². The molecule has 2 heterocycles. The maximum Gasteiger partial charge on any atom is 0.416 e. The first-order valence-electron chi connectivity index (χ1n) is 9.13. The van der Waals surface area contributed by atoms with Crippen molar-refractivity contribution in [3.8, 4) is 0 Å². The van der Waals surface area contributed by atoms with E-state index in [2.05, 4.69) is 10.6 Å². The zero-order valence-corrected chi connectivity index (χ0v) is 15.4. The lowest BCUT2D eigenvalue weighted by molar-refractivity contribution is -0.137. The minimum absolute atomic E-state index is 0.0293. The van der Waals surface area contributed by atoms with Gasteiger partial charge in [0.1, 0.15) is 11.6 Å². The van der Waals surface area contributed by atoms with Gasteiger partial charge in [-0.2, -0.15) is 13.2 Å². The van der Waals surface area contributed by atoms with E-state index >= 15 is 0 Å². The zero-order valence-electron chi connectivity index (χ0n) is 15.4. The van der Waals surface area contributed by atoms with Crippen molar-refractivity contribution < 1.29 is 31.6 Å². The van der Waals surface area contributed by atoms with Crippen LogP contribution in [0.1, 0.15) is 42.6 Å². The van der Waals surface area contributed by atoms with E-state index in [4.69, 9.17) is 4.42 Å². The van der Waals surface area contributed by atoms with Crippen LogP contribution in [0.25, 0.3) is 0 Å². The molecular formula is C20H20F4N2O3. The van der Waals surface area contributed by atoms with Crippen LogP contribution in [0.4, 0.5) is 17.6 Å². The molecule has 1 atom stereocenters. The van der Waals surface area contributed by atoms with Crippen LogP contribution >= 0.6 is 0 Å². The summed E-state index contributed by atoms with van der Waals surface area (Å²) < 4.78 is 57.4. The smallest absolute Gasteiger partial charge is 0.416 e. The van der Waals surface area contributed by atoms with Gasteiger partial charge >= 0.3 is 6.18 Å². The number of carbonyl (C=O) groups is 2. The van der Waals surface area contributed by atoms with E-state index < -0.39 is 29.0 Å². The summed E-state index contributed by atoms with van der Waals surface area (Å²) in [4.78, 5) is 23.9. The van der Waals surface area contributed by atoms with E-state index in [1.54, 1.807) is 12.1 Å². The molecule has 2 N–H and O–H groups in total. The molecule has 156 valence electrons. The highest BCUT2D eigenvalue weighted by Gasteiger charge is 2.38. The molecule has 3 rings (SSSR count). The van der Waals surface area contributed by atoms with E-state index in [1.807, 2.05) is 0 Å². The molecule has 1 unspecified atom stereocenters. The Morgan fingerprint density at radius 1 is 1.28 bits per heavy atom. The lowest BCUT2D eigenvalue weighted by atomic mass is 9.87. The molecule has 0 bridgehead atoms. The van der Waals surface area contributed by atoms with Gasteiger partial charge in [-0.3, -0.25) is 9.59 Å². The first kappa shape index (κ1) is 20.9. The Hall–Kier alpha value is -2.84. The number of alkyl halides is 3. The minimum Gasteiger partial charge on any atom is -0.469 e. The number of hydrogen-bond acceptors (Lipinski definition) is 3. The van der Waals surface area contributed by atoms with Gasteiger partial charge in [0.2, 0.25) is 11.8 Å². The molecule has 5 nitrogen and oxygen atoms in total. The van der Waals surface area contributed by atoms with Crippen LogP contribution in [0.2, 0.25) is 0 Å².